The third kappa shape index (κ3) is 5.30. The number of amides is 1. The molecule has 0 heterocycles. The minimum Gasteiger partial charge on any atom is -0.496 e. The molecule has 0 aliphatic heterocycles. The van der Waals surface area contributed by atoms with E-state index in [1.807, 2.05) is 33.0 Å². The molecule has 4 heteroatoms. The van der Waals surface area contributed by atoms with Crippen LogP contribution < -0.4 is 15.0 Å². The van der Waals surface area contributed by atoms with Crippen molar-refractivity contribution in [2.75, 3.05) is 20.7 Å². The van der Waals surface area contributed by atoms with Crippen LogP contribution in [0.4, 0.5) is 0 Å². The maximum atomic E-state index is 11.7. The van der Waals surface area contributed by atoms with E-state index in [4.69, 9.17) is 4.74 Å². The fourth-order valence-electron chi connectivity index (χ4n) is 2.08. The molecule has 1 atom stereocenters. The highest BCUT2D eigenvalue weighted by Crippen LogP contribution is 2.18. The molecule has 0 saturated carbocycles. The summed E-state index contributed by atoms with van der Waals surface area (Å²) in [7, 11) is 3.69. The van der Waals surface area contributed by atoms with E-state index in [2.05, 4.69) is 18.3 Å². The number of hydrogen-bond acceptors (Lipinski definition) is 2. The van der Waals surface area contributed by atoms with Gasteiger partial charge in [0.25, 0.3) is 5.91 Å². The number of ether oxygens (including phenoxy) is 1. The Morgan fingerprint density at radius 2 is 2.11 bits per heavy atom. The van der Waals surface area contributed by atoms with Crippen LogP contribution in [0.25, 0.3) is 0 Å². The number of rotatable bonds is 6. The van der Waals surface area contributed by atoms with Crippen molar-refractivity contribution in [3.63, 3.8) is 0 Å². The molecular formula is C15H25N2O2+. The van der Waals surface area contributed by atoms with Gasteiger partial charge >= 0.3 is 0 Å². The van der Waals surface area contributed by atoms with Crippen LogP contribution >= 0.6 is 0 Å². The second-order valence-corrected chi connectivity index (χ2v) is 5.35. The van der Waals surface area contributed by atoms with Gasteiger partial charge in [0.2, 0.25) is 0 Å². The predicted octanol–water partition coefficient (Wildman–Crippen LogP) is 0.543. The van der Waals surface area contributed by atoms with Crippen molar-refractivity contribution in [3.05, 3.63) is 29.3 Å². The van der Waals surface area contributed by atoms with Crippen LogP contribution in [-0.2, 0) is 11.3 Å². The molecule has 0 radical (unpaired) electrons. The SMILES string of the molecule is COc1ccc(C)cc1C[NH+](C)CC(=O)NC(C)C. The Balaban J connectivity index is 2.63. The number of carbonyl (C=O) groups is 1. The lowest BCUT2D eigenvalue weighted by atomic mass is 10.1. The van der Waals surface area contributed by atoms with Crippen LogP contribution in [0.1, 0.15) is 25.0 Å². The number of nitrogens with one attached hydrogen (secondary N) is 2. The third-order valence-electron chi connectivity index (χ3n) is 2.84. The summed E-state index contributed by atoms with van der Waals surface area (Å²) in [5.41, 5.74) is 2.34. The first kappa shape index (κ1) is 15.5. The van der Waals surface area contributed by atoms with E-state index in [-0.39, 0.29) is 11.9 Å². The van der Waals surface area contributed by atoms with Crippen LogP contribution in [0.2, 0.25) is 0 Å². The second kappa shape index (κ2) is 7.14. The molecular weight excluding hydrogens is 240 g/mol. The normalized spacial score (nSPS) is 12.3. The minimum absolute atomic E-state index is 0.0825. The highest BCUT2D eigenvalue weighted by atomic mass is 16.5. The summed E-state index contributed by atoms with van der Waals surface area (Å²) in [4.78, 5) is 12.9. The quantitative estimate of drug-likeness (QED) is 0.788. The van der Waals surface area contributed by atoms with Crippen molar-refractivity contribution in [2.45, 2.75) is 33.4 Å². The van der Waals surface area contributed by atoms with Gasteiger partial charge in [0.1, 0.15) is 12.3 Å². The molecule has 0 bridgehead atoms. The molecule has 106 valence electrons. The number of methoxy groups -OCH3 is 1. The average Bonchev–Trinajstić information content (AvgIpc) is 2.27. The highest BCUT2D eigenvalue weighted by Gasteiger charge is 2.13. The van der Waals surface area contributed by atoms with Gasteiger partial charge in [-0.1, -0.05) is 11.6 Å². The Morgan fingerprint density at radius 1 is 1.42 bits per heavy atom. The molecule has 1 unspecified atom stereocenters. The zero-order chi connectivity index (χ0) is 14.4. The number of quaternary nitrogens is 1. The molecule has 0 aliphatic rings. The molecule has 1 rings (SSSR count). The maximum absolute atomic E-state index is 11.7. The lowest BCUT2D eigenvalue weighted by molar-refractivity contribution is -0.885. The van der Waals surface area contributed by atoms with Gasteiger partial charge < -0.3 is 15.0 Å². The van der Waals surface area contributed by atoms with Crippen molar-refractivity contribution >= 4 is 5.91 Å². The number of benzene rings is 1. The fourth-order valence-corrected chi connectivity index (χ4v) is 2.08. The number of hydrogen-bond donors (Lipinski definition) is 2. The van der Waals surface area contributed by atoms with Crippen LogP contribution in [0.15, 0.2) is 18.2 Å². The van der Waals surface area contributed by atoms with Gasteiger partial charge in [-0.25, -0.2) is 0 Å². The first-order valence-electron chi connectivity index (χ1n) is 6.66. The number of likely N-dealkylation sites (N-methyl/N-ethyl adjacent to an activating group) is 1. The smallest absolute Gasteiger partial charge is 0.275 e. The van der Waals surface area contributed by atoms with Gasteiger partial charge in [0.15, 0.2) is 6.54 Å². The van der Waals surface area contributed by atoms with Crippen LogP contribution in [0, 0.1) is 6.92 Å². The molecule has 19 heavy (non-hydrogen) atoms. The lowest BCUT2D eigenvalue weighted by Crippen LogP contribution is -3.09. The molecule has 1 amide bonds. The zero-order valence-electron chi connectivity index (χ0n) is 12.5. The standard InChI is InChI=1S/C15H24N2O2/c1-11(2)16-15(18)10-17(4)9-13-8-12(3)6-7-14(13)19-5/h6-8,11H,9-10H2,1-5H3,(H,16,18)/p+1. The third-order valence-corrected chi connectivity index (χ3v) is 2.84. The van der Waals surface area contributed by atoms with Gasteiger partial charge in [-0.3, -0.25) is 4.79 Å². The monoisotopic (exact) mass is 265 g/mol. The molecule has 1 aromatic rings. The summed E-state index contributed by atoms with van der Waals surface area (Å²) < 4.78 is 5.36. The topological polar surface area (TPSA) is 42.8 Å². The van der Waals surface area contributed by atoms with E-state index in [9.17, 15) is 4.79 Å². The van der Waals surface area contributed by atoms with E-state index < -0.39 is 0 Å². The summed E-state index contributed by atoms with van der Waals surface area (Å²) in [6, 6.07) is 6.31. The van der Waals surface area contributed by atoms with Gasteiger partial charge in [0.05, 0.1) is 14.2 Å². The van der Waals surface area contributed by atoms with E-state index in [1.165, 1.54) is 5.56 Å². The van der Waals surface area contributed by atoms with Crippen molar-refractivity contribution in [1.82, 2.24) is 5.32 Å². The molecule has 2 N–H and O–H groups in total. The summed E-state index contributed by atoms with van der Waals surface area (Å²) >= 11 is 0. The second-order valence-electron chi connectivity index (χ2n) is 5.35. The van der Waals surface area contributed by atoms with E-state index in [0.29, 0.717) is 6.54 Å². The van der Waals surface area contributed by atoms with Gasteiger partial charge in [0, 0.05) is 11.6 Å². The largest absolute Gasteiger partial charge is 0.496 e. The van der Waals surface area contributed by atoms with Crippen LogP contribution in [0.3, 0.4) is 0 Å². The Kier molecular flexibility index (Phi) is 5.83. The molecule has 0 saturated heterocycles. The maximum Gasteiger partial charge on any atom is 0.275 e. The van der Waals surface area contributed by atoms with E-state index >= 15 is 0 Å². The van der Waals surface area contributed by atoms with Crippen molar-refractivity contribution in [3.8, 4) is 5.75 Å². The molecule has 0 spiro atoms. The van der Waals surface area contributed by atoms with E-state index in [0.717, 1.165) is 22.8 Å². The molecule has 0 aromatic heterocycles. The summed E-state index contributed by atoms with van der Waals surface area (Å²) in [5.74, 6) is 0.966. The zero-order valence-corrected chi connectivity index (χ0v) is 12.5. The number of aryl methyl sites for hydroxylation is 1. The summed E-state index contributed by atoms with van der Waals surface area (Å²) in [6.45, 7) is 7.24. The molecule has 0 fully saturated rings. The van der Waals surface area contributed by atoms with Crippen LogP contribution in [-0.4, -0.2) is 32.7 Å². The molecule has 1 aromatic carbocycles. The van der Waals surface area contributed by atoms with Gasteiger partial charge in [-0.2, -0.15) is 0 Å². The Hall–Kier alpha value is -1.55. The molecule has 4 nitrogen and oxygen atoms in total. The first-order chi connectivity index (χ1) is 8.92. The van der Waals surface area contributed by atoms with Crippen LogP contribution in [0.5, 0.6) is 5.75 Å². The van der Waals surface area contributed by atoms with Crippen molar-refractivity contribution < 1.29 is 14.4 Å². The minimum atomic E-state index is 0.0825. The van der Waals surface area contributed by atoms with Gasteiger partial charge in [-0.05, 0) is 32.9 Å². The van der Waals surface area contributed by atoms with Gasteiger partial charge in [-0.15, -0.1) is 0 Å². The highest BCUT2D eigenvalue weighted by molar-refractivity contribution is 5.77. The fraction of sp³-hybridized carbons (Fsp3) is 0.533. The van der Waals surface area contributed by atoms with Crippen molar-refractivity contribution in [2.24, 2.45) is 0 Å². The average molecular weight is 265 g/mol. The number of carbonyl (C=O) groups excluding carboxylic acids is 1. The Morgan fingerprint density at radius 3 is 2.68 bits per heavy atom. The van der Waals surface area contributed by atoms with E-state index in [1.54, 1.807) is 7.11 Å². The predicted molar refractivity (Wildman–Crippen MR) is 76.5 cm³/mol. The Labute approximate surface area is 115 Å². The van der Waals surface area contributed by atoms with Crippen molar-refractivity contribution in [1.29, 1.82) is 0 Å². The molecule has 0 aliphatic carbocycles. The lowest BCUT2D eigenvalue weighted by Gasteiger charge is -2.17. The Bertz CT molecular complexity index is 430. The summed E-state index contributed by atoms with van der Waals surface area (Å²) in [6.07, 6.45) is 0. The summed E-state index contributed by atoms with van der Waals surface area (Å²) in [5, 5.41) is 2.91. The first-order valence-corrected chi connectivity index (χ1v) is 6.66.